The highest BCUT2D eigenvalue weighted by Crippen LogP contribution is 2.27. The van der Waals surface area contributed by atoms with Gasteiger partial charge in [0.2, 0.25) is 5.91 Å². The van der Waals surface area contributed by atoms with E-state index < -0.39 is 5.54 Å². The predicted molar refractivity (Wildman–Crippen MR) is 80.2 cm³/mol. The van der Waals surface area contributed by atoms with E-state index in [-0.39, 0.29) is 18.3 Å². The van der Waals surface area contributed by atoms with Crippen molar-refractivity contribution in [1.29, 1.82) is 0 Å². The Bertz CT molecular complexity index is 463. The van der Waals surface area contributed by atoms with Crippen LogP contribution in [0.2, 0.25) is 5.02 Å². The van der Waals surface area contributed by atoms with Gasteiger partial charge >= 0.3 is 0 Å². The van der Waals surface area contributed by atoms with Crippen LogP contribution in [-0.2, 0) is 9.53 Å². The molecular weight excluding hydrogens is 298 g/mol. The summed E-state index contributed by atoms with van der Waals surface area (Å²) in [5.74, 6) is 0.192. The van der Waals surface area contributed by atoms with Crippen molar-refractivity contribution in [2.45, 2.75) is 23.3 Å². The SMILES string of the molecule is O=C(CSc1ccccc1Cl)NC1(CO)CCOCC1. The summed E-state index contributed by atoms with van der Waals surface area (Å²) in [6.45, 7) is 1.08. The molecule has 1 aliphatic rings. The van der Waals surface area contributed by atoms with Crippen LogP contribution in [0.3, 0.4) is 0 Å². The van der Waals surface area contributed by atoms with Gasteiger partial charge in [0.15, 0.2) is 0 Å². The first-order valence-electron chi connectivity index (χ1n) is 6.52. The number of benzene rings is 1. The Morgan fingerprint density at radius 3 is 2.75 bits per heavy atom. The summed E-state index contributed by atoms with van der Waals surface area (Å²) in [5.41, 5.74) is -0.531. The molecule has 20 heavy (non-hydrogen) atoms. The number of ether oxygens (including phenoxy) is 1. The van der Waals surface area contributed by atoms with Crippen molar-refractivity contribution in [1.82, 2.24) is 5.32 Å². The smallest absolute Gasteiger partial charge is 0.230 e. The summed E-state index contributed by atoms with van der Waals surface area (Å²) in [6.07, 6.45) is 1.29. The Morgan fingerprint density at radius 2 is 2.10 bits per heavy atom. The molecule has 1 amide bonds. The molecule has 0 saturated carbocycles. The largest absolute Gasteiger partial charge is 0.394 e. The van der Waals surface area contributed by atoms with Gasteiger partial charge in [-0.15, -0.1) is 11.8 Å². The number of halogens is 1. The molecule has 6 heteroatoms. The zero-order valence-electron chi connectivity index (χ0n) is 11.1. The maximum Gasteiger partial charge on any atom is 0.230 e. The predicted octanol–water partition coefficient (Wildman–Crippen LogP) is 2.09. The average molecular weight is 316 g/mol. The Balaban J connectivity index is 1.87. The lowest BCUT2D eigenvalue weighted by Crippen LogP contribution is -2.55. The van der Waals surface area contributed by atoms with Gasteiger partial charge in [-0.3, -0.25) is 4.79 Å². The van der Waals surface area contributed by atoms with E-state index in [1.807, 2.05) is 18.2 Å². The van der Waals surface area contributed by atoms with Crippen LogP contribution >= 0.6 is 23.4 Å². The van der Waals surface area contributed by atoms with E-state index in [4.69, 9.17) is 16.3 Å². The summed E-state index contributed by atoms with van der Waals surface area (Å²) in [7, 11) is 0. The maximum atomic E-state index is 12.0. The molecule has 0 spiro atoms. The van der Waals surface area contributed by atoms with Crippen molar-refractivity contribution >= 4 is 29.3 Å². The second kappa shape index (κ2) is 7.31. The second-order valence-electron chi connectivity index (χ2n) is 4.82. The van der Waals surface area contributed by atoms with Crippen LogP contribution in [0.15, 0.2) is 29.2 Å². The van der Waals surface area contributed by atoms with Gasteiger partial charge in [0.05, 0.1) is 22.9 Å². The minimum atomic E-state index is -0.531. The summed E-state index contributed by atoms with van der Waals surface area (Å²) in [4.78, 5) is 12.9. The van der Waals surface area contributed by atoms with Crippen LogP contribution in [-0.4, -0.2) is 42.1 Å². The fraction of sp³-hybridized carbons (Fsp3) is 0.500. The van der Waals surface area contributed by atoms with Crippen molar-refractivity contribution < 1.29 is 14.6 Å². The number of nitrogens with one attached hydrogen (secondary N) is 1. The highest BCUT2D eigenvalue weighted by Gasteiger charge is 2.33. The van der Waals surface area contributed by atoms with E-state index in [2.05, 4.69) is 5.32 Å². The standard InChI is InChI=1S/C14H18ClNO3S/c15-11-3-1-2-4-12(11)20-9-13(18)16-14(10-17)5-7-19-8-6-14/h1-4,17H,5-10H2,(H,16,18). The van der Waals surface area contributed by atoms with Crippen LogP contribution in [0, 0.1) is 0 Å². The molecule has 2 N–H and O–H groups in total. The fourth-order valence-electron chi connectivity index (χ4n) is 2.12. The summed E-state index contributed by atoms with van der Waals surface area (Å²) in [5, 5.41) is 13.1. The van der Waals surface area contributed by atoms with Gasteiger partial charge in [0.25, 0.3) is 0 Å². The highest BCUT2D eigenvalue weighted by atomic mass is 35.5. The van der Waals surface area contributed by atoms with Gasteiger partial charge in [-0.1, -0.05) is 23.7 Å². The van der Waals surface area contributed by atoms with E-state index in [1.54, 1.807) is 6.07 Å². The van der Waals surface area contributed by atoms with Gasteiger partial charge in [0.1, 0.15) is 0 Å². The number of carbonyl (C=O) groups is 1. The third-order valence-corrected chi connectivity index (χ3v) is 4.87. The normalized spacial score (nSPS) is 17.7. The molecule has 1 heterocycles. The molecular formula is C14H18ClNO3S. The maximum absolute atomic E-state index is 12.0. The van der Waals surface area contributed by atoms with Gasteiger partial charge in [-0.2, -0.15) is 0 Å². The number of aliphatic hydroxyl groups is 1. The Labute approximate surface area is 127 Å². The van der Waals surface area contributed by atoms with E-state index >= 15 is 0 Å². The lowest BCUT2D eigenvalue weighted by molar-refractivity contribution is -0.122. The minimum absolute atomic E-state index is 0.0567. The van der Waals surface area contributed by atoms with Gasteiger partial charge in [-0.05, 0) is 25.0 Å². The molecule has 1 aliphatic heterocycles. The Morgan fingerprint density at radius 1 is 1.40 bits per heavy atom. The number of aliphatic hydroxyl groups excluding tert-OH is 1. The molecule has 4 nitrogen and oxygen atoms in total. The van der Waals surface area contributed by atoms with Crippen molar-refractivity contribution in [2.24, 2.45) is 0 Å². The third-order valence-electron chi connectivity index (χ3n) is 3.35. The highest BCUT2D eigenvalue weighted by molar-refractivity contribution is 8.00. The van der Waals surface area contributed by atoms with E-state index in [0.717, 1.165) is 4.90 Å². The number of hydrogen-bond donors (Lipinski definition) is 2. The summed E-state index contributed by atoms with van der Waals surface area (Å²) < 4.78 is 5.27. The molecule has 1 aromatic carbocycles. The van der Waals surface area contributed by atoms with Crippen molar-refractivity contribution in [3.63, 3.8) is 0 Å². The second-order valence-corrected chi connectivity index (χ2v) is 6.24. The Hall–Kier alpha value is -0.750. The number of rotatable bonds is 5. The molecule has 110 valence electrons. The fourth-order valence-corrected chi connectivity index (χ4v) is 3.16. The molecule has 1 fully saturated rings. The van der Waals surface area contributed by atoms with Crippen LogP contribution in [0.5, 0.6) is 0 Å². The van der Waals surface area contributed by atoms with Crippen molar-refractivity contribution in [3.8, 4) is 0 Å². The molecule has 0 aromatic heterocycles. The van der Waals surface area contributed by atoms with Crippen LogP contribution < -0.4 is 5.32 Å². The average Bonchev–Trinajstić information content (AvgIpc) is 2.47. The number of hydrogen-bond acceptors (Lipinski definition) is 4. The zero-order valence-corrected chi connectivity index (χ0v) is 12.7. The topological polar surface area (TPSA) is 58.6 Å². The number of carbonyl (C=O) groups excluding carboxylic acids is 1. The molecule has 0 atom stereocenters. The van der Waals surface area contributed by atoms with Crippen molar-refractivity contribution in [2.75, 3.05) is 25.6 Å². The molecule has 0 radical (unpaired) electrons. The van der Waals surface area contributed by atoms with E-state index in [1.165, 1.54) is 11.8 Å². The molecule has 2 rings (SSSR count). The van der Waals surface area contributed by atoms with E-state index in [9.17, 15) is 9.90 Å². The first-order chi connectivity index (χ1) is 9.65. The molecule has 1 aromatic rings. The lowest BCUT2D eigenvalue weighted by atomic mass is 9.91. The molecule has 0 unspecified atom stereocenters. The summed E-state index contributed by atoms with van der Waals surface area (Å²) >= 11 is 7.44. The first-order valence-corrected chi connectivity index (χ1v) is 7.88. The quantitative estimate of drug-likeness (QED) is 0.817. The third kappa shape index (κ3) is 4.12. The van der Waals surface area contributed by atoms with Crippen molar-refractivity contribution in [3.05, 3.63) is 29.3 Å². The van der Waals surface area contributed by atoms with E-state index in [0.29, 0.717) is 31.1 Å². The van der Waals surface area contributed by atoms with Crippen LogP contribution in [0.4, 0.5) is 0 Å². The zero-order chi connectivity index (χ0) is 14.4. The minimum Gasteiger partial charge on any atom is -0.394 e. The molecule has 0 aliphatic carbocycles. The van der Waals surface area contributed by atoms with Crippen LogP contribution in [0.25, 0.3) is 0 Å². The van der Waals surface area contributed by atoms with Gasteiger partial charge < -0.3 is 15.2 Å². The van der Waals surface area contributed by atoms with Crippen LogP contribution in [0.1, 0.15) is 12.8 Å². The molecule has 0 bridgehead atoms. The van der Waals surface area contributed by atoms with Gasteiger partial charge in [-0.25, -0.2) is 0 Å². The van der Waals surface area contributed by atoms with Gasteiger partial charge in [0, 0.05) is 18.1 Å². The number of amides is 1. The molecule has 1 saturated heterocycles. The Kier molecular flexibility index (Phi) is 5.72. The monoisotopic (exact) mass is 315 g/mol. The lowest BCUT2D eigenvalue weighted by Gasteiger charge is -2.36. The number of thioether (sulfide) groups is 1. The first kappa shape index (κ1) is 15.6. The summed E-state index contributed by atoms with van der Waals surface area (Å²) in [6, 6.07) is 7.43.